The highest BCUT2D eigenvalue weighted by Gasteiger charge is 2.41. The number of benzene rings is 2. The molecule has 2 N–H and O–H groups in total. The van der Waals surface area contributed by atoms with Gasteiger partial charge in [0.15, 0.2) is 0 Å². The van der Waals surface area contributed by atoms with Crippen LogP contribution in [0.5, 0.6) is 0 Å². The van der Waals surface area contributed by atoms with Gasteiger partial charge in [-0.25, -0.2) is 0 Å². The molecule has 1 aliphatic heterocycles. The lowest BCUT2D eigenvalue weighted by Crippen LogP contribution is -2.50. The second-order valence-corrected chi connectivity index (χ2v) is 7.85. The zero-order chi connectivity index (χ0) is 21.4. The molecule has 0 fully saturated rings. The third-order valence-electron chi connectivity index (χ3n) is 5.75. The van der Waals surface area contributed by atoms with Gasteiger partial charge in [-0.2, -0.15) is 5.10 Å². The normalized spacial score (nSPS) is 17.9. The summed E-state index contributed by atoms with van der Waals surface area (Å²) in [5.41, 5.74) is 5.52. The molecule has 0 spiro atoms. The van der Waals surface area contributed by atoms with Gasteiger partial charge in [-0.05, 0) is 43.5 Å². The van der Waals surface area contributed by atoms with Crippen molar-refractivity contribution < 1.29 is 9.59 Å². The summed E-state index contributed by atoms with van der Waals surface area (Å²) in [5.74, 6) is -0.139. The number of aromatic nitrogens is 2. The topological polar surface area (TPSA) is 76.0 Å². The molecule has 0 radical (unpaired) electrons. The molecule has 6 heteroatoms. The first-order valence-corrected chi connectivity index (χ1v) is 10.2. The Bertz CT molecular complexity index is 1110. The molecule has 30 heavy (non-hydrogen) atoms. The van der Waals surface area contributed by atoms with E-state index in [2.05, 4.69) is 34.8 Å². The average Bonchev–Trinajstić information content (AvgIpc) is 3.01. The van der Waals surface area contributed by atoms with E-state index in [0.717, 1.165) is 28.8 Å². The van der Waals surface area contributed by atoms with Crippen molar-refractivity contribution in [2.75, 3.05) is 5.32 Å². The molecule has 3 aromatic rings. The van der Waals surface area contributed by atoms with Gasteiger partial charge in [0.1, 0.15) is 11.9 Å². The molecule has 4 rings (SSSR count). The van der Waals surface area contributed by atoms with Crippen LogP contribution in [0.1, 0.15) is 51.1 Å². The highest BCUT2D eigenvalue weighted by atomic mass is 16.2. The van der Waals surface area contributed by atoms with Gasteiger partial charge in [-0.1, -0.05) is 48.9 Å². The molecule has 1 aliphatic rings. The molecule has 2 atom stereocenters. The number of aryl methyl sites for hydroxylation is 4. The molecule has 0 bridgehead atoms. The van der Waals surface area contributed by atoms with Crippen LogP contribution in [-0.4, -0.2) is 27.6 Å². The van der Waals surface area contributed by atoms with Crippen molar-refractivity contribution in [1.82, 2.24) is 15.1 Å². The molecule has 2 heterocycles. The summed E-state index contributed by atoms with van der Waals surface area (Å²) >= 11 is 0. The molecular weight excluding hydrogens is 376 g/mol. The Balaban J connectivity index is 1.77. The van der Waals surface area contributed by atoms with E-state index in [1.165, 1.54) is 5.56 Å². The molecule has 0 aliphatic carbocycles. The Morgan fingerprint density at radius 3 is 2.57 bits per heavy atom. The zero-order valence-corrected chi connectivity index (χ0v) is 17.7. The van der Waals surface area contributed by atoms with Crippen LogP contribution in [0.2, 0.25) is 0 Å². The summed E-state index contributed by atoms with van der Waals surface area (Å²) in [4.78, 5) is 26.1. The van der Waals surface area contributed by atoms with Gasteiger partial charge in [-0.3, -0.25) is 14.3 Å². The van der Waals surface area contributed by atoms with Crippen LogP contribution in [0.15, 0.2) is 48.5 Å². The second kappa shape index (κ2) is 7.78. The number of nitrogens with zero attached hydrogens (tertiary/aromatic N) is 2. The number of nitrogens with one attached hydrogen (secondary N) is 2. The number of hydrogen-bond acceptors (Lipinski definition) is 3. The fourth-order valence-electron chi connectivity index (χ4n) is 4.19. The van der Waals surface area contributed by atoms with Crippen molar-refractivity contribution in [1.29, 1.82) is 0 Å². The quantitative estimate of drug-likeness (QED) is 0.701. The molecule has 2 aromatic carbocycles. The number of amides is 2. The monoisotopic (exact) mass is 402 g/mol. The number of anilines is 1. The Hall–Kier alpha value is -3.41. The van der Waals surface area contributed by atoms with Gasteiger partial charge in [0.05, 0.1) is 5.69 Å². The second-order valence-electron chi connectivity index (χ2n) is 7.85. The van der Waals surface area contributed by atoms with Crippen LogP contribution in [0.3, 0.4) is 0 Å². The lowest BCUT2D eigenvalue weighted by atomic mass is 9.81. The van der Waals surface area contributed by atoms with E-state index in [0.29, 0.717) is 11.4 Å². The summed E-state index contributed by atoms with van der Waals surface area (Å²) in [6.45, 7) is 5.98. The van der Waals surface area contributed by atoms with E-state index in [9.17, 15) is 9.59 Å². The smallest absolute Gasteiger partial charge is 0.251 e. The Kier molecular flexibility index (Phi) is 5.16. The summed E-state index contributed by atoms with van der Waals surface area (Å²) in [6, 6.07) is 14.9. The number of carbonyl (C=O) groups is 2. The largest absolute Gasteiger partial charge is 0.339 e. The van der Waals surface area contributed by atoms with Crippen LogP contribution in [0, 0.1) is 13.8 Å². The minimum Gasteiger partial charge on any atom is -0.339 e. The third kappa shape index (κ3) is 3.49. The molecule has 6 nitrogen and oxygen atoms in total. The van der Waals surface area contributed by atoms with E-state index in [-0.39, 0.29) is 17.7 Å². The van der Waals surface area contributed by atoms with E-state index < -0.39 is 6.04 Å². The lowest BCUT2D eigenvalue weighted by Gasteiger charge is -2.32. The summed E-state index contributed by atoms with van der Waals surface area (Å²) in [5, 5.41) is 10.4. The number of rotatable bonds is 4. The van der Waals surface area contributed by atoms with Crippen LogP contribution < -0.4 is 10.6 Å². The zero-order valence-electron chi connectivity index (χ0n) is 17.7. The van der Waals surface area contributed by atoms with Crippen LogP contribution in [-0.2, 0) is 18.3 Å². The van der Waals surface area contributed by atoms with E-state index >= 15 is 0 Å². The van der Waals surface area contributed by atoms with Crippen molar-refractivity contribution in [2.45, 2.75) is 39.2 Å². The molecule has 2 amide bonds. The van der Waals surface area contributed by atoms with Crippen molar-refractivity contribution in [3.05, 3.63) is 82.0 Å². The lowest BCUT2D eigenvalue weighted by molar-refractivity contribution is -0.118. The molecule has 0 unspecified atom stereocenters. The van der Waals surface area contributed by atoms with Crippen molar-refractivity contribution in [3.8, 4) is 0 Å². The third-order valence-corrected chi connectivity index (χ3v) is 5.75. The SMILES string of the molecule is CCc1ccc([C@H]2c3c(C)nn(C)c3NC(=O)[C@@H]2NC(=O)c2cccc(C)c2)cc1. The van der Waals surface area contributed by atoms with Gasteiger partial charge in [0.2, 0.25) is 5.91 Å². The van der Waals surface area contributed by atoms with Gasteiger partial charge < -0.3 is 10.6 Å². The van der Waals surface area contributed by atoms with Crippen molar-refractivity contribution in [3.63, 3.8) is 0 Å². The first-order valence-electron chi connectivity index (χ1n) is 10.2. The highest BCUT2D eigenvalue weighted by molar-refractivity contribution is 6.04. The predicted octanol–water partition coefficient (Wildman–Crippen LogP) is 3.48. The standard InChI is InChI=1S/C24H26N4O2/c1-5-16-9-11-17(12-10-16)20-19-15(3)27-28(4)22(19)26-24(30)21(20)25-23(29)18-8-6-7-14(2)13-18/h6-13,20-21H,5H2,1-4H3,(H,25,29)(H,26,30)/t20-,21+/m0/s1. The highest BCUT2D eigenvalue weighted by Crippen LogP contribution is 2.39. The first-order chi connectivity index (χ1) is 14.4. The van der Waals surface area contributed by atoms with E-state index in [1.807, 2.05) is 51.2 Å². The maximum Gasteiger partial charge on any atom is 0.251 e. The van der Waals surface area contributed by atoms with E-state index in [1.54, 1.807) is 10.7 Å². The number of carbonyl (C=O) groups excluding carboxylic acids is 2. The molecule has 154 valence electrons. The molecular formula is C24H26N4O2. The van der Waals surface area contributed by atoms with E-state index in [4.69, 9.17) is 0 Å². The summed E-state index contributed by atoms with van der Waals surface area (Å²) < 4.78 is 1.69. The van der Waals surface area contributed by atoms with Gasteiger partial charge in [-0.15, -0.1) is 0 Å². The Morgan fingerprint density at radius 2 is 1.90 bits per heavy atom. The van der Waals surface area contributed by atoms with Crippen LogP contribution >= 0.6 is 0 Å². The fourth-order valence-corrected chi connectivity index (χ4v) is 4.19. The maximum absolute atomic E-state index is 13.1. The van der Waals surface area contributed by atoms with Crippen LogP contribution in [0.4, 0.5) is 5.82 Å². The fraction of sp³-hybridized carbons (Fsp3) is 0.292. The van der Waals surface area contributed by atoms with Crippen molar-refractivity contribution >= 4 is 17.6 Å². The molecule has 0 saturated carbocycles. The molecule has 0 saturated heterocycles. The average molecular weight is 402 g/mol. The van der Waals surface area contributed by atoms with Gasteiger partial charge in [0, 0.05) is 24.1 Å². The van der Waals surface area contributed by atoms with Crippen LogP contribution in [0.25, 0.3) is 0 Å². The Morgan fingerprint density at radius 1 is 1.17 bits per heavy atom. The summed E-state index contributed by atoms with van der Waals surface area (Å²) in [6.07, 6.45) is 0.941. The maximum atomic E-state index is 13.1. The Labute approximate surface area is 176 Å². The first kappa shape index (κ1) is 19.9. The van der Waals surface area contributed by atoms with Crippen molar-refractivity contribution in [2.24, 2.45) is 7.05 Å². The number of hydrogen-bond donors (Lipinski definition) is 2. The summed E-state index contributed by atoms with van der Waals surface area (Å²) in [7, 11) is 1.81. The van der Waals surface area contributed by atoms with Gasteiger partial charge in [0.25, 0.3) is 5.91 Å². The minimum atomic E-state index is -0.735. The predicted molar refractivity (Wildman–Crippen MR) is 117 cm³/mol. The van der Waals surface area contributed by atoms with Gasteiger partial charge >= 0.3 is 0 Å². The number of fused-ring (bicyclic) bond motifs is 1. The molecule has 1 aromatic heterocycles. The minimum absolute atomic E-state index is 0.240.